The van der Waals surface area contributed by atoms with Crippen LogP contribution in [0.3, 0.4) is 0 Å². The monoisotopic (exact) mass is 300 g/mol. The van der Waals surface area contributed by atoms with E-state index in [1.54, 1.807) is 0 Å². The summed E-state index contributed by atoms with van der Waals surface area (Å²) in [6.45, 7) is 5.35. The van der Waals surface area contributed by atoms with E-state index in [-0.39, 0.29) is 0 Å². The molecule has 2 heterocycles. The zero-order chi connectivity index (χ0) is 14.3. The average Bonchev–Trinajstić information content (AvgIpc) is 2.57. The molecule has 0 spiro atoms. The van der Waals surface area contributed by atoms with E-state index in [9.17, 15) is 0 Å². The second-order valence-corrected chi connectivity index (χ2v) is 6.21. The third kappa shape index (κ3) is 4.19. The van der Waals surface area contributed by atoms with Gasteiger partial charge in [-0.3, -0.25) is 4.90 Å². The fourth-order valence-electron chi connectivity index (χ4n) is 2.44. The van der Waals surface area contributed by atoms with Crippen molar-refractivity contribution in [3.05, 3.63) is 48.8 Å². The molecule has 0 N–H and O–H groups in total. The average molecular weight is 300 g/mol. The summed E-state index contributed by atoms with van der Waals surface area (Å²) in [6.07, 6.45) is 3.62. The van der Waals surface area contributed by atoms with Crippen molar-refractivity contribution in [2.45, 2.75) is 4.90 Å². The van der Waals surface area contributed by atoms with Gasteiger partial charge in [-0.25, -0.2) is 9.97 Å². The SMILES string of the molecule is c1ccc(SCCN2CCN(c3ncccn3)CC2)cc1. The summed E-state index contributed by atoms with van der Waals surface area (Å²) in [7, 11) is 0. The first-order valence-corrected chi connectivity index (χ1v) is 8.32. The molecule has 1 fully saturated rings. The van der Waals surface area contributed by atoms with Crippen LogP contribution in [0.4, 0.5) is 5.95 Å². The van der Waals surface area contributed by atoms with Crippen LogP contribution in [0.1, 0.15) is 0 Å². The van der Waals surface area contributed by atoms with Crippen LogP contribution in [-0.4, -0.2) is 53.3 Å². The van der Waals surface area contributed by atoms with Crippen LogP contribution < -0.4 is 4.90 Å². The minimum absolute atomic E-state index is 0.857. The molecule has 5 heteroatoms. The van der Waals surface area contributed by atoms with Crippen molar-refractivity contribution in [2.24, 2.45) is 0 Å². The number of anilines is 1. The van der Waals surface area contributed by atoms with Gasteiger partial charge < -0.3 is 4.90 Å². The lowest BCUT2D eigenvalue weighted by atomic mass is 10.3. The molecule has 0 aliphatic carbocycles. The Kier molecular flexibility index (Phi) is 5.08. The maximum atomic E-state index is 4.32. The minimum Gasteiger partial charge on any atom is -0.338 e. The maximum Gasteiger partial charge on any atom is 0.225 e. The molecule has 1 aromatic carbocycles. The molecular formula is C16H20N4S. The highest BCUT2D eigenvalue weighted by Gasteiger charge is 2.18. The number of aromatic nitrogens is 2. The molecule has 2 aromatic rings. The molecule has 0 unspecified atom stereocenters. The molecule has 4 nitrogen and oxygen atoms in total. The lowest BCUT2D eigenvalue weighted by Gasteiger charge is -2.34. The Balaban J connectivity index is 1.40. The number of piperazine rings is 1. The number of nitrogens with zero attached hydrogens (tertiary/aromatic N) is 4. The molecule has 0 atom stereocenters. The van der Waals surface area contributed by atoms with E-state index < -0.39 is 0 Å². The van der Waals surface area contributed by atoms with E-state index in [2.05, 4.69) is 50.1 Å². The predicted molar refractivity (Wildman–Crippen MR) is 87.9 cm³/mol. The van der Waals surface area contributed by atoms with Gasteiger partial charge in [0, 0.05) is 55.8 Å². The fraction of sp³-hybridized carbons (Fsp3) is 0.375. The van der Waals surface area contributed by atoms with E-state index >= 15 is 0 Å². The summed E-state index contributed by atoms with van der Waals surface area (Å²) in [6, 6.07) is 12.5. The smallest absolute Gasteiger partial charge is 0.225 e. The number of thioether (sulfide) groups is 1. The summed E-state index contributed by atoms with van der Waals surface area (Å²) in [5, 5.41) is 0. The van der Waals surface area contributed by atoms with Crippen molar-refractivity contribution in [3.63, 3.8) is 0 Å². The first kappa shape index (κ1) is 14.4. The first-order chi connectivity index (χ1) is 10.4. The van der Waals surface area contributed by atoms with E-state index in [1.165, 1.54) is 4.90 Å². The summed E-state index contributed by atoms with van der Waals surface area (Å²) in [4.78, 5) is 14.8. The zero-order valence-corrected chi connectivity index (χ0v) is 12.9. The molecule has 0 amide bonds. The lowest BCUT2D eigenvalue weighted by Crippen LogP contribution is -2.47. The second-order valence-electron chi connectivity index (χ2n) is 5.04. The Morgan fingerprint density at radius 3 is 2.33 bits per heavy atom. The Hall–Kier alpha value is -1.59. The van der Waals surface area contributed by atoms with Gasteiger partial charge >= 0.3 is 0 Å². The summed E-state index contributed by atoms with van der Waals surface area (Å²) < 4.78 is 0. The normalized spacial score (nSPS) is 16.1. The van der Waals surface area contributed by atoms with Crippen LogP contribution in [0.25, 0.3) is 0 Å². The van der Waals surface area contributed by atoms with Gasteiger partial charge in [0.25, 0.3) is 0 Å². The predicted octanol–water partition coefficient (Wildman–Crippen LogP) is 2.39. The Bertz CT molecular complexity index is 524. The summed E-state index contributed by atoms with van der Waals surface area (Å²) in [5.74, 6) is 2.00. The van der Waals surface area contributed by atoms with Crippen LogP contribution in [-0.2, 0) is 0 Å². The summed E-state index contributed by atoms with van der Waals surface area (Å²) in [5.41, 5.74) is 0. The van der Waals surface area contributed by atoms with Crippen LogP contribution >= 0.6 is 11.8 Å². The highest BCUT2D eigenvalue weighted by Crippen LogP contribution is 2.17. The molecular weight excluding hydrogens is 280 g/mol. The van der Waals surface area contributed by atoms with Gasteiger partial charge in [-0.05, 0) is 18.2 Å². The van der Waals surface area contributed by atoms with E-state index in [4.69, 9.17) is 0 Å². The molecule has 110 valence electrons. The van der Waals surface area contributed by atoms with Gasteiger partial charge in [0.15, 0.2) is 0 Å². The number of hydrogen-bond donors (Lipinski definition) is 0. The molecule has 1 saturated heterocycles. The second kappa shape index (κ2) is 7.43. The van der Waals surface area contributed by atoms with Crippen molar-refractivity contribution < 1.29 is 0 Å². The molecule has 0 radical (unpaired) electrons. The molecule has 3 rings (SSSR count). The summed E-state index contributed by atoms with van der Waals surface area (Å²) >= 11 is 1.93. The number of benzene rings is 1. The fourth-order valence-corrected chi connectivity index (χ4v) is 3.37. The molecule has 21 heavy (non-hydrogen) atoms. The van der Waals surface area contributed by atoms with Crippen LogP contribution in [0.15, 0.2) is 53.7 Å². The third-order valence-corrected chi connectivity index (χ3v) is 4.62. The molecule has 1 aliphatic rings. The quantitative estimate of drug-likeness (QED) is 0.792. The first-order valence-electron chi connectivity index (χ1n) is 7.34. The van der Waals surface area contributed by atoms with Crippen LogP contribution in [0, 0.1) is 0 Å². The Labute approximate surface area is 130 Å². The lowest BCUT2D eigenvalue weighted by molar-refractivity contribution is 0.272. The topological polar surface area (TPSA) is 32.3 Å². The molecule has 0 bridgehead atoms. The molecule has 1 aliphatic heterocycles. The Morgan fingerprint density at radius 2 is 1.62 bits per heavy atom. The minimum atomic E-state index is 0.857. The van der Waals surface area contributed by atoms with E-state index in [0.717, 1.165) is 44.4 Å². The van der Waals surface area contributed by atoms with Crippen molar-refractivity contribution in [1.82, 2.24) is 14.9 Å². The highest BCUT2D eigenvalue weighted by atomic mass is 32.2. The van der Waals surface area contributed by atoms with Crippen LogP contribution in [0.2, 0.25) is 0 Å². The van der Waals surface area contributed by atoms with Crippen molar-refractivity contribution >= 4 is 17.7 Å². The van der Waals surface area contributed by atoms with Crippen molar-refractivity contribution in [1.29, 1.82) is 0 Å². The van der Waals surface area contributed by atoms with Gasteiger partial charge in [0.05, 0.1) is 0 Å². The van der Waals surface area contributed by atoms with Gasteiger partial charge in [-0.2, -0.15) is 0 Å². The maximum absolute atomic E-state index is 4.32. The standard InChI is InChI=1S/C16H20N4S/c1-2-5-15(6-3-1)21-14-13-19-9-11-20(12-10-19)16-17-7-4-8-18-16/h1-8H,9-14H2. The zero-order valence-electron chi connectivity index (χ0n) is 12.1. The van der Waals surface area contributed by atoms with Gasteiger partial charge in [-0.15, -0.1) is 11.8 Å². The van der Waals surface area contributed by atoms with Gasteiger partial charge in [0.2, 0.25) is 5.95 Å². The third-order valence-electron chi connectivity index (χ3n) is 3.63. The van der Waals surface area contributed by atoms with Crippen molar-refractivity contribution in [3.8, 4) is 0 Å². The highest BCUT2D eigenvalue weighted by molar-refractivity contribution is 7.99. The molecule has 1 aromatic heterocycles. The van der Waals surface area contributed by atoms with Gasteiger partial charge in [0.1, 0.15) is 0 Å². The van der Waals surface area contributed by atoms with Crippen LogP contribution in [0.5, 0.6) is 0 Å². The van der Waals surface area contributed by atoms with E-state index in [1.807, 2.05) is 30.2 Å². The number of hydrogen-bond acceptors (Lipinski definition) is 5. The number of rotatable bonds is 5. The van der Waals surface area contributed by atoms with Crippen molar-refractivity contribution in [2.75, 3.05) is 43.4 Å². The van der Waals surface area contributed by atoms with E-state index in [0.29, 0.717) is 0 Å². The Morgan fingerprint density at radius 1 is 0.905 bits per heavy atom. The van der Waals surface area contributed by atoms with Gasteiger partial charge in [-0.1, -0.05) is 18.2 Å². The largest absolute Gasteiger partial charge is 0.338 e. The molecule has 0 saturated carbocycles.